The highest BCUT2D eigenvalue weighted by atomic mass is 19.1. The predicted molar refractivity (Wildman–Crippen MR) is 89.3 cm³/mol. The highest BCUT2D eigenvalue weighted by Gasteiger charge is 2.18. The van der Waals surface area contributed by atoms with Gasteiger partial charge in [-0.2, -0.15) is 0 Å². The van der Waals surface area contributed by atoms with Crippen LogP contribution in [0.2, 0.25) is 0 Å². The lowest BCUT2D eigenvalue weighted by atomic mass is 10.1. The molecule has 0 bridgehead atoms. The van der Waals surface area contributed by atoms with Crippen LogP contribution in [0.25, 0.3) is 0 Å². The predicted octanol–water partition coefficient (Wildman–Crippen LogP) is 2.93. The molecule has 2 amide bonds. The maximum absolute atomic E-state index is 13.5. The maximum atomic E-state index is 13.5. The Morgan fingerprint density at radius 1 is 1.21 bits per heavy atom. The Balaban J connectivity index is 2.05. The van der Waals surface area contributed by atoms with Crippen LogP contribution in [-0.2, 0) is 0 Å². The van der Waals surface area contributed by atoms with Gasteiger partial charge in [-0.1, -0.05) is 30.3 Å². The third-order valence-corrected chi connectivity index (χ3v) is 3.70. The number of amides is 2. The molecule has 0 aliphatic rings. The molecule has 0 aliphatic heterocycles. The van der Waals surface area contributed by atoms with Gasteiger partial charge < -0.3 is 20.5 Å². The van der Waals surface area contributed by atoms with E-state index in [4.69, 9.17) is 4.74 Å². The first-order valence-electron chi connectivity index (χ1n) is 7.61. The first-order valence-corrected chi connectivity index (χ1v) is 7.61. The quantitative estimate of drug-likeness (QED) is 0.762. The van der Waals surface area contributed by atoms with E-state index < -0.39 is 23.9 Å². The topological polar surface area (TPSA) is 70.6 Å². The van der Waals surface area contributed by atoms with Gasteiger partial charge in [0.15, 0.2) is 0 Å². The van der Waals surface area contributed by atoms with Crippen LogP contribution in [0.3, 0.4) is 0 Å². The zero-order valence-corrected chi connectivity index (χ0v) is 13.6. The lowest BCUT2D eigenvalue weighted by molar-refractivity contribution is 0.214. The van der Waals surface area contributed by atoms with Crippen molar-refractivity contribution in [1.82, 2.24) is 10.6 Å². The number of halogens is 1. The molecule has 0 spiro atoms. The Morgan fingerprint density at radius 2 is 1.92 bits per heavy atom. The fourth-order valence-electron chi connectivity index (χ4n) is 2.44. The molecular weight excluding hydrogens is 311 g/mol. The molecule has 0 aromatic heterocycles. The number of methoxy groups -OCH3 is 1. The van der Waals surface area contributed by atoms with Gasteiger partial charge in [0.1, 0.15) is 11.6 Å². The van der Waals surface area contributed by atoms with E-state index in [1.54, 1.807) is 6.92 Å². The second kappa shape index (κ2) is 8.31. The minimum atomic E-state index is -0.521. The molecule has 128 valence electrons. The summed E-state index contributed by atoms with van der Waals surface area (Å²) in [5, 5.41) is 14.9. The standard InChI is InChI=1S/C18H21FN2O3/c1-12(15-10-14(19)8-9-17(15)24-2)20-18(23)21-16(11-22)13-6-4-3-5-7-13/h3-10,12,16,22H,11H2,1-2H3,(H2,20,21,23)/t12?,16-/m1/s1. The fraction of sp³-hybridized carbons (Fsp3) is 0.278. The van der Waals surface area contributed by atoms with E-state index in [1.807, 2.05) is 30.3 Å². The Kier molecular flexibility index (Phi) is 6.14. The van der Waals surface area contributed by atoms with Gasteiger partial charge >= 0.3 is 6.03 Å². The van der Waals surface area contributed by atoms with Crippen molar-refractivity contribution in [2.75, 3.05) is 13.7 Å². The van der Waals surface area contributed by atoms with E-state index >= 15 is 0 Å². The maximum Gasteiger partial charge on any atom is 0.315 e. The van der Waals surface area contributed by atoms with E-state index in [-0.39, 0.29) is 6.61 Å². The SMILES string of the molecule is COc1ccc(F)cc1C(C)NC(=O)N[C@H](CO)c1ccccc1. The average Bonchev–Trinajstić information content (AvgIpc) is 2.60. The second-order valence-electron chi connectivity index (χ2n) is 5.37. The van der Waals surface area contributed by atoms with Gasteiger partial charge in [-0.15, -0.1) is 0 Å². The number of aliphatic hydroxyl groups is 1. The van der Waals surface area contributed by atoms with Crippen LogP contribution in [0.5, 0.6) is 5.75 Å². The highest BCUT2D eigenvalue weighted by Crippen LogP contribution is 2.25. The molecule has 1 unspecified atom stereocenters. The molecular formula is C18H21FN2O3. The summed E-state index contributed by atoms with van der Waals surface area (Å²) in [7, 11) is 1.49. The fourth-order valence-corrected chi connectivity index (χ4v) is 2.44. The van der Waals surface area contributed by atoms with Crippen molar-refractivity contribution in [3.05, 3.63) is 65.5 Å². The third kappa shape index (κ3) is 4.45. The zero-order chi connectivity index (χ0) is 17.5. The number of urea groups is 1. The van der Waals surface area contributed by atoms with Crippen molar-refractivity contribution in [2.24, 2.45) is 0 Å². The molecule has 6 heteroatoms. The molecule has 2 atom stereocenters. The molecule has 0 aliphatic carbocycles. The van der Waals surface area contributed by atoms with Crippen molar-refractivity contribution in [3.8, 4) is 5.75 Å². The first kappa shape index (κ1) is 17.7. The monoisotopic (exact) mass is 332 g/mol. The Hall–Kier alpha value is -2.60. The summed E-state index contributed by atoms with van der Waals surface area (Å²) in [6.45, 7) is 1.50. The van der Waals surface area contributed by atoms with Gasteiger partial charge in [0.25, 0.3) is 0 Å². The number of nitrogens with one attached hydrogen (secondary N) is 2. The smallest absolute Gasteiger partial charge is 0.315 e. The normalized spacial score (nSPS) is 13.0. The van der Waals surface area contributed by atoms with Crippen molar-refractivity contribution in [1.29, 1.82) is 0 Å². The minimum Gasteiger partial charge on any atom is -0.496 e. The lowest BCUT2D eigenvalue weighted by Gasteiger charge is -2.21. The number of carbonyl (C=O) groups is 1. The average molecular weight is 332 g/mol. The number of benzene rings is 2. The summed E-state index contributed by atoms with van der Waals surface area (Å²) in [6, 6.07) is 11.8. The molecule has 3 N–H and O–H groups in total. The zero-order valence-electron chi connectivity index (χ0n) is 13.6. The first-order chi connectivity index (χ1) is 11.5. The van der Waals surface area contributed by atoms with Gasteiger partial charge in [0.05, 0.1) is 25.8 Å². The molecule has 0 radical (unpaired) electrons. The van der Waals surface area contributed by atoms with Crippen LogP contribution in [0.15, 0.2) is 48.5 Å². The van der Waals surface area contributed by atoms with Crippen LogP contribution < -0.4 is 15.4 Å². The summed E-state index contributed by atoms with van der Waals surface area (Å²) in [4.78, 5) is 12.2. The van der Waals surface area contributed by atoms with Gasteiger partial charge in [0, 0.05) is 5.56 Å². The van der Waals surface area contributed by atoms with E-state index in [2.05, 4.69) is 10.6 Å². The van der Waals surface area contributed by atoms with Crippen LogP contribution >= 0.6 is 0 Å². The molecule has 0 saturated carbocycles. The second-order valence-corrected chi connectivity index (χ2v) is 5.37. The Bertz CT molecular complexity index is 679. The molecule has 0 fully saturated rings. The van der Waals surface area contributed by atoms with Gasteiger partial charge in [-0.25, -0.2) is 9.18 Å². The largest absolute Gasteiger partial charge is 0.496 e. The molecule has 0 saturated heterocycles. The van der Waals surface area contributed by atoms with E-state index in [0.29, 0.717) is 11.3 Å². The van der Waals surface area contributed by atoms with Crippen molar-refractivity contribution in [2.45, 2.75) is 19.0 Å². The molecule has 2 rings (SSSR count). The third-order valence-electron chi connectivity index (χ3n) is 3.70. The number of ether oxygens (including phenoxy) is 1. The number of aliphatic hydroxyl groups excluding tert-OH is 1. The summed E-state index contributed by atoms with van der Waals surface area (Å²) in [5.74, 6) is 0.0864. The Labute approximate surface area is 140 Å². The van der Waals surface area contributed by atoms with Crippen LogP contribution in [0.4, 0.5) is 9.18 Å². The summed E-state index contributed by atoms with van der Waals surface area (Å²) in [6.07, 6.45) is 0. The van der Waals surface area contributed by atoms with Gasteiger partial charge in [0.2, 0.25) is 0 Å². The molecule has 2 aromatic carbocycles. The van der Waals surface area contributed by atoms with Crippen molar-refractivity contribution < 1.29 is 19.0 Å². The lowest BCUT2D eigenvalue weighted by Crippen LogP contribution is -2.40. The molecule has 2 aromatic rings. The van der Waals surface area contributed by atoms with E-state index in [1.165, 1.54) is 25.3 Å². The van der Waals surface area contributed by atoms with E-state index in [0.717, 1.165) is 5.56 Å². The summed E-state index contributed by atoms with van der Waals surface area (Å²) < 4.78 is 18.6. The minimum absolute atomic E-state index is 0.227. The summed E-state index contributed by atoms with van der Waals surface area (Å²) in [5.41, 5.74) is 1.33. The molecule has 24 heavy (non-hydrogen) atoms. The van der Waals surface area contributed by atoms with E-state index in [9.17, 15) is 14.3 Å². The number of rotatable bonds is 6. The number of carbonyl (C=O) groups excluding carboxylic acids is 1. The van der Waals surface area contributed by atoms with Gasteiger partial charge in [-0.3, -0.25) is 0 Å². The molecule has 0 heterocycles. The van der Waals surface area contributed by atoms with Crippen LogP contribution in [0, 0.1) is 5.82 Å². The Morgan fingerprint density at radius 3 is 2.54 bits per heavy atom. The summed E-state index contributed by atoms with van der Waals surface area (Å²) >= 11 is 0. The number of hydrogen-bond donors (Lipinski definition) is 3. The van der Waals surface area contributed by atoms with Gasteiger partial charge in [-0.05, 0) is 30.7 Å². The van der Waals surface area contributed by atoms with Crippen LogP contribution in [0.1, 0.15) is 30.1 Å². The van der Waals surface area contributed by atoms with Crippen LogP contribution in [-0.4, -0.2) is 24.9 Å². The number of hydrogen-bond acceptors (Lipinski definition) is 3. The highest BCUT2D eigenvalue weighted by molar-refractivity contribution is 5.75. The van der Waals surface area contributed by atoms with Crippen molar-refractivity contribution >= 4 is 6.03 Å². The van der Waals surface area contributed by atoms with Crippen molar-refractivity contribution in [3.63, 3.8) is 0 Å². The molecule has 5 nitrogen and oxygen atoms in total.